The summed E-state index contributed by atoms with van der Waals surface area (Å²) in [6.45, 7) is 6.36. The zero-order valence-corrected chi connectivity index (χ0v) is 18.6. The van der Waals surface area contributed by atoms with Crippen LogP contribution in [-0.4, -0.2) is 66.8 Å². The largest absolute Gasteiger partial charge is 0.376 e. The Bertz CT molecular complexity index is 776. The number of morpholine rings is 1. The van der Waals surface area contributed by atoms with Gasteiger partial charge in [0.15, 0.2) is 5.96 Å². The number of guanidine groups is 1. The fourth-order valence-corrected chi connectivity index (χ4v) is 4.77. The molecule has 0 bridgehead atoms. The van der Waals surface area contributed by atoms with Crippen LogP contribution in [0.2, 0.25) is 5.02 Å². The van der Waals surface area contributed by atoms with E-state index in [-0.39, 0.29) is 6.10 Å². The van der Waals surface area contributed by atoms with Crippen LogP contribution in [0.1, 0.15) is 23.5 Å². The minimum Gasteiger partial charge on any atom is -0.376 e. The molecule has 154 valence electrons. The van der Waals surface area contributed by atoms with Crippen molar-refractivity contribution in [2.75, 3.05) is 40.3 Å². The third-order valence-electron chi connectivity index (χ3n) is 5.09. The van der Waals surface area contributed by atoms with Crippen LogP contribution in [0.25, 0.3) is 0 Å². The zero-order valence-electron chi connectivity index (χ0n) is 17.1. The maximum atomic E-state index is 6.12. The summed E-state index contributed by atoms with van der Waals surface area (Å²) in [6, 6.07) is 6.64. The highest BCUT2D eigenvalue weighted by molar-refractivity contribution is 7.10. The van der Waals surface area contributed by atoms with Crippen LogP contribution in [0.4, 0.5) is 0 Å². The molecule has 0 saturated carbocycles. The summed E-state index contributed by atoms with van der Waals surface area (Å²) in [5, 5.41) is 6.48. The Labute approximate surface area is 176 Å². The maximum absolute atomic E-state index is 6.12. The standard InChI is InChI=1S/C20H30ClN5OS/c1-15-12-26(7-8-27-15)18(19-6-5-9-28-19)11-23-20(22-2)25(4)14-17-10-16(21)13-24(17)3/h5-6,9-10,13,15,18H,7-8,11-12,14H2,1-4H3,(H,22,23). The van der Waals surface area contributed by atoms with Crippen molar-refractivity contribution in [3.63, 3.8) is 0 Å². The van der Waals surface area contributed by atoms with Gasteiger partial charge in [0.2, 0.25) is 0 Å². The normalized spacial score (nSPS) is 19.6. The van der Waals surface area contributed by atoms with Gasteiger partial charge in [-0.15, -0.1) is 11.3 Å². The molecule has 28 heavy (non-hydrogen) atoms. The minimum absolute atomic E-state index is 0.264. The van der Waals surface area contributed by atoms with Gasteiger partial charge in [-0.2, -0.15) is 0 Å². The molecule has 3 rings (SSSR count). The summed E-state index contributed by atoms with van der Waals surface area (Å²) < 4.78 is 7.79. The maximum Gasteiger partial charge on any atom is 0.193 e. The van der Waals surface area contributed by atoms with Gasteiger partial charge < -0.3 is 19.5 Å². The van der Waals surface area contributed by atoms with E-state index in [9.17, 15) is 0 Å². The van der Waals surface area contributed by atoms with Crippen LogP contribution in [0.15, 0.2) is 34.8 Å². The van der Waals surface area contributed by atoms with Crippen LogP contribution < -0.4 is 5.32 Å². The average Bonchev–Trinajstić information content (AvgIpc) is 3.28. The third-order valence-corrected chi connectivity index (χ3v) is 6.27. The van der Waals surface area contributed by atoms with Crippen LogP contribution in [0, 0.1) is 0 Å². The predicted octanol–water partition coefficient (Wildman–Crippen LogP) is 3.21. The summed E-state index contributed by atoms with van der Waals surface area (Å²) in [5.74, 6) is 0.875. The summed E-state index contributed by atoms with van der Waals surface area (Å²) in [7, 11) is 5.89. The Morgan fingerprint density at radius 1 is 1.54 bits per heavy atom. The van der Waals surface area contributed by atoms with Gasteiger partial charge in [0, 0.05) is 57.5 Å². The molecule has 1 saturated heterocycles. The highest BCUT2D eigenvalue weighted by Gasteiger charge is 2.26. The van der Waals surface area contributed by atoms with Crippen molar-refractivity contribution in [1.82, 2.24) is 19.7 Å². The number of aliphatic imine (C=N–C) groups is 1. The van der Waals surface area contributed by atoms with Gasteiger partial charge in [-0.3, -0.25) is 9.89 Å². The Morgan fingerprint density at radius 3 is 2.96 bits per heavy atom. The van der Waals surface area contributed by atoms with Gasteiger partial charge >= 0.3 is 0 Å². The molecule has 1 aliphatic rings. The number of ether oxygens (including phenoxy) is 1. The smallest absolute Gasteiger partial charge is 0.193 e. The molecule has 1 aliphatic heterocycles. The van der Waals surface area contributed by atoms with E-state index in [0.717, 1.165) is 49.5 Å². The molecule has 2 unspecified atom stereocenters. The first-order valence-corrected chi connectivity index (χ1v) is 10.8. The monoisotopic (exact) mass is 423 g/mol. The summed E-state index contributed by atoms with van der Waals surface area (Å²) in [5.41, 5.74) is 1.15. The second-order valence-corrected chi connectivity index (χ2v) is 8.67. The van der Waals surface area contributed by atoms with E-state index in [1.807, 2.05) is 33.4 Å². The SMILES string of the molecule is CN=C(NCC(c1cccs1)N1CCOC(C)C1)N(C)Cc1cc(Cl)cn1C. The van der Waals surface area contributed by atoms with Gasteiger partial charge in [-0.1, -0.05) is 17.7 Å². The molecule has 0 radical (unpaired) electrons. The number of rotatable bonds is 6. The molecule has 1 N–H and O–H groups in total. The van der Waals surface area contributed by atoms with Gasteiger partial charge in [0.1, 0.15) is 0 Å². The van der Waals surface area contributed by atoms with Gasteiger partial charge in [-0.05, 0) is 24.4 Å². The van der Waals surface area contributed by atoms with E-state index >= 15 is 0 Å². The first-order valence-electron chi connectivity index (χ1n) is 9.59. The van der Waals surface area contributed by atoms with E-state index in [0.29, 0.717) is 6.04 Å². The molecule has 0 aliphatic carbocycles. The van der Waals surface area contributed by atoms with E-state index in [1.54, 1.807) is 11.3 Å². The van der Waals surface area contributed by atoms with Crippen molar-refractivity contribution >= 4 is 28.9 Å². The number of thiophene rings is 1. The lowest BCUT2D eigenvalue weighted by atomic mass is 10.1. The fourth-order valence-electron chi connectivity index (χ4n) is 3.63. The number of hydrogen-bond donors (Lipinski definition) is 1. The molecule has 0 spiro atoms. The van der Waals surface area contributed by atoms with Crippen molar-refractivity contribution in [1.29, 1.82) is 0 Å². The molecule has 0 amide bonds. The summed E-state index contributed by atoms with van der Waals surface area (Å²) in [6.07, 6.45) is 2.19. The lowest BCUT2D eigenvalue weighted by molar-refractivity contribution is -0.0334. The Kier molecular flexibility index (Phi) is 7.40. The fraction of sp³-hybridized carbons (Fsp3) is 0.550. The van der Waals surface area contributed by atoms with E-state index in [4.69, 9.17) is 16.3 Å². The zero-order chi connectivity index (χ0) is 20.1. The lowest BCUT2D eigenvalue weighted by Gasteiger charge is -2.37. The Balaban J connectivity index is 1.66. The van der Waals surface area contributed by atoms with Crippen LogP contribution in [0.5, 0.6) is 0 Å². The molecule has 3 heterocycles. The molecular weight excluding hydrogens is 394 g/mol. The van der Waals surface area contributed by atoms with E-state index in [1.165, 1.54) is 4.88 Å². The molecule has 2 atom stereocenters. The molecule has 6 nitrogen and oxygen atoms in total. The van der Waals surface area contributed by atoms with Crippen molar-refractivity contribution in [3.05, 3.63) is 45.4 Å². The average molecular weight is 424 g/mol. The molecule has 1 fully saturated rings. The molecule has 2 aromatic heterocycles. The van der Waals surface area contributed by atoms with Crippen LogP contribution in [-0.2, 0) is 18.3 Å². The van der Waals surface area contributed by atoms with Crippen molar-refractivity contribution < 1.29 is 4.74 Å². The Morgan fingerprint density at radius 2 is 2.36 bits per heavy atom. The van der Waals surface area contributed by atoms with Crippen molar-refractivity contribution in [3.8, 4) is 0 Å². The van der Waals surface area contributed by atoms with Crippen molar-refractivity contribution in [2.45, 2.75) is 25.6 Å². The Hall–Kier alpha value is -1.54. The summed E-state index contributed by atoms with van der Waals surface area (Å²) in [4.78, 5) is 10.5. The van der Waals surface area contributed by atoms with Gasteiger partial charge in [0.05, 0.1) is 30.3 Å². The lowest BCUT2D eigenvalue weighted by Crippen LogP contribution is -2.48. The van der Waals surface area contributed by atoms with Crippen LogP contribution >= 0.6 is 22.9 Å². The number of aromatic nitrogens is 1. The third kappa shape index (κ3) is 5.29. The second kappa shape index (κ2) is 9.78. The topological polar surface area (TPSA) is 45.0 Å². The predicted molar refractivity (Wildman–Crippen MR) is 117 cm³/mol. The highest BCUT2D eigenvalue weighted by atomic mass is 35.5. The van der Waals surface area contributed by atoms with Gasteiger partial charge in [-0.25, -0.2) is 0 Å². The second-order valence-electron chi connectivity index (χ2n) is 7.25. The quantitative estimate of drug-likeness (QED) is 0.572. The van der Waals surface area contributed by atoms with Crippen LogP contribution in [0.3, 0.4) is 0 Å². The minimum atomic E-state index is 0.264. The van der Waals surface area contributed by atoms with E-state index < -0.39 is 0 Å². The van der Waals surface area contributed by atoms with Gasteiger partial charge in [0.25, 0.3) is 0 Å². The number of nitrogens with zero attached hydrogens (tertiary/aromatic N) is 4. The highest BCUT2D eigenvalue weighted by Crippen LogP contribution is 2.26. The van der Waals surface area contributed by atoms with Crippen molar-refractivity contribution in [2.24, 2.45) is 12.0 Å². The summed E-state index contributed by atoms with van der Waals surface area (Å²) >= 11 is 7.93. The van der Waals surface area contributed by atoms with E-state index in [2.05, 4.69) is 49.1 Å². The molecule has 0 aromatic carbocycles. The number of aryl methyl sites for hydroxylation is 1. The number of hydrogen-bond acceptors (Lipinski definition) is 4. The molecule has 2 aromatic rings. The first-order chi connectivity index (χ1) is 13.5. The number of halogens is 1. The number of nitrogens with one attached hydrogen (secondary N) is 1. The molecular formula is C20H30ClN5OS. The molecule has 8 heteroatoms. The first kappa shape index (κ1) is 21.2.